The Morgan fingerprint density at radius 2 is 2.10 bits per heavy atom. The number of aromatic hydroxyl groups is 1. The van der Waals surface area contributed by atoms with E-state index in [2.05, 4.69) is 15.2 Å². The molecule has 0 radical (unpaired) electrons. The number of carbonyl (C=O) groups excluding carboxylic acids is 1. The van der Waals surface area contributed by atoms with Gasteiger partial charge in [-0.15, -0.1) is 11.3 Å². The average molecular weight is 438 g/mol. The van der Waals surface area contributed by atoms with Gasteiger partial charge in [-0.1, -0.05) is 6.07 Å². The largest absolute Gasteiger partial charge is 0.504 e. The van der Waals surface area contributed by atoms with Crippen molar-refractivity contribution in [2.45, 2.75) is 32.7 Å². The summed E-state index contributed by atoms with van der Waals surface area (Å²) in [5, 5.41) is 13.9. The second-order valence-corrected chi connectivity index (χ2v) is 10.0. The third kappa shape index (κ3) is 4.00. The van der Waals surface area contributed by atoms with Crippen molar-refractivity contribution >= 4 is 33.1 Å². The van der Waals surface area contributed by atoms with Crippen molar-refractivity contribution in [2.24, 2.45) is 11.3 Å². The van der Waals surface area contributed by atoms with E-state index in [1.165, 1.54) is 0 Å². The molecule has 0 unspecified atom stereocenters. The molecular formula is C24H27N3O3S. The predicted molar refractivity (Wildman–Crippen MR) is 123 cm³/mol. The lowest BCUT2D eigenvalue weighted by atomic mass is 9.90. The number of phenols is 1. The first kappa shape index (κ1) is 20.3. The van der Waals surface area contributed by atoms with Crippen LogP contribution in [0.25, 0.3) is 10.2 Å². The van der Waals surface area contributed by atoms with Crippen molar-refractivity contribution in [3.8, 4) is 11.5 Å². The van der Waals surface area contributed by atoms with Crippen molar-refractivity contribution in [3.05, 3.63) is 47.0 Å². The number of aromatic nitrogens is 1. The van der Waals surface area contributed by atoms with E-state index in [9.17, 15) is 9.90 Å². The molecule has 2 heterocycles. The molecule has 0 bridgehead atoms. The number of ether oxygens (including phenoxy) is 1. The second-order valence-electron chi connectivity index (χ2n) is 8.81. The minimum atomic E-state index is 0.108. The molecule has 1 aromatic heterocycles. The number of phenolic OH excluding ortho intramolecular Hbond substituents is 1. The summed E-state index contributed by atoms with van der Waals surface area (Å²) in [7, 11) is 1.57. The number of benzene rings is 2. The van der Waals surface area contributed by atoms with Gasteiger partial charge in [-0.2, -0.15) is 0 Å². The number of piperidine rings is 1. The number of rotatable bonds is 5. The number of aryl methyl sites for hydroxylation is 1. The number of nitrogens with zero attached hydrogens (tertiary/aromatic N) is 2. The molecule has 2 N–H and O–H groups in total. The van der Waals surface area contributed by atoms with Crippen LogP contribution >= 0.6 is 11.3 Å². The standard InChI is InChI=1S/C24H27N3O3S/c1-15-25-19-12-17(4-6-22(19)31-15)26-23(29)18-13-24(18)7-9-27(10-8-24)14-16-3-5-20(28)21(11-16)30-2/h3-6,11-12,18,28H,7-10,13-14H2,1-2H3,(H,26,29)/t18-/m1/s1. The van der Waals surface area contributed by atoms with E-state index in [0.29, 0.717) is 5.75 Å². The lowest BCUT2D eigenvalue weighted by Crippen LogP contribution is -2.35. The number of hydrogen-bond acceptors (Lipinski definition) is 6. The Balaban J connectivity index is 1.16. The molecule has 1 aliphatic carbocycles. The molecule has 162 valence electrons. The van der Waals surface area contributed by atoms with Crippen LogP contribution in [-0.2, 0) is 11.3 Å². The van der Waals surface area contributed by atoms with Gasteiger partial charge in [0.15, 0.2) is 11.5 Å². The number of thiazole rings is 1. The number of nitrogens with one attached hydrogen (secondary N) is 1. The molecule has 1 atom stereocenters. The Bertz CT molecular complexity index is 1130. The summed E-state index contributed by atoms with van der Waals surface area (Å²) in [6.45, 7) is 4.80. The average Bonchev–Trinajstić information content (AvgIpc) is 3.33. The minimum absolute atomic E-state index is 0.108. The van der Waals surface area contributed by atoms with Crippen LogP contribution in [0.4, 0.5) is 5.69 Å². The normalized spacial score (nSPS) is 20.1. The van der Waals surface area contributed by atoms with Crippen LogP contribution < -0.4 is 10.1 Å². The molecule has 1 saturated heterocycles. The SMILES string of the molecule is COc1cc(CN2CCC3(CC2)C[C@@H]3C(=O)Nc2ccc3sc(C)nc3c2)ccc1O. The molecule has 6 nitrogen and oxygen atoms in total. The maximum Gasteiger partial charge on any atom is 0.228 e. The van der Waals surface area contributed by atoms with Crippen LogP contribution in [0.2, 0.25) is 0 Å². The number of amides is 1. The fourth-order valence-corrected chi connectivity index (χ4v) is 5.66. The maximum atomic E-state index is 12.9. The van der Waals surface area contributed by atoms with Gasteiger partial charge in [-0.05, 0) is 80.6 Å². The first-order valence-electron chi connectivity index (χ1n) is 10.7. The van der Waals surface area contributed by atoms with Crippen molar-refractivity contribution in [3.63, 3.8) is 0 Å². The van der Waals surface area contributed by atoms with Gasteiger partial charge in [-0.3, -0.25) is 9.69 Å². The summed E-state index contributed by atoms with van der Waals surface area (Å²) < 4.78 is 6.37. The summed E-state index contributed by atoms with van der Waals surface area (Å²) >= 11 is 1.67. The number of methoxy groups -OCH3 is 1. The highest BCUT2D eigenvalue weighted by atomic mass is 32.1. The highest BCUT2D eigenvalue weighted by molar-refractivity contribution is 7.18. The van der Waals surface area contributed by atoms with Crippen molar-refractivity contribution in [1.29, 1.82) is 0 Å². The molecule has 2 fully saturated rings. The fourth-order valence-electron chi connectivity index (χ4n) is 4.86. The van der Waals surface area contributed by atoms with Gasteiger partial charge in [0.2, 0.25) is 5.91 Å². The molecule has 2 aromatic carbocycles. The zero-order valence-electron chi connectivity index (χ0n) is 17.9. The van der Waals surface area contributed by atoms with Crippen LogP contribution in [0.3, 0.4) is 0 Å². The highest BCUT2D eigenvalue weighted by Gasteiger charge is 2.58. The Labute approximate surface area is 185 Å². The Morgan fingerprint density at radius 1 is 1.29 bits per heavy atom. The number of anilines is 1. The lowest BCUT2D eigenvalue weighted by Gasteiger charge is -2.33. The Morgan fingerprint density at radius 3 is 2.87 bits per heavy atom. The molecule has 31 heavy (non-hydrogen) atoms. The summed E-state index contributed by atoms with van der Waals surface area (Å²) in [5.41, 5.74) is 3.08. The maximum absolute atomic E-state index is 12.9. The Kier molecular flexibility index (Phi) is 5.10. The van der Waals surface area contributed by atoms with Gasteiger partial charge in [0.1, 0.15) is 0 Å². The quantitative estimate of drug-likeness (QED) is 0.612. The fraction of sp³-hybridized carbons (Fsp3) is 0.417. The lowest BCUT2D eigenvalue weighted by molar-refractivity contribution is -0.118. The van der Waals surface area contributed by atoms with E-state index in [-0.39, 0.29) is 23.0 Å². The van der Waals surface area contributed by atoms with Crippen LogP contribution in [-0.4, -0.2) is 41.1 Å². The van der Waals surface area contributed by atoms with Gasteiger partial charge >= 0.3 is 0 Å². The zero-order valence-corrected chi connectivity index (χ0v) is 18.7. The molecule has 1 spiro atoms. The molecule has 2 aliphatic rings. The van der Waals surface area contributed by atoms with E-state index < -0.39 is 0 Å². The number of carbonyl (C=O) groups is 1. The van der Waals surface area contributed by atoms with Gasteiger partial charge in [-0.25, -0.2) is 4.98 Å². The first-order valence-corrected chi connectivity index (χ1v) is 11.5. The van der Waals surface area contributed by atoms with E-state index in [0.717, 1.165) is 65.4 Å². The molecule has 1 saturated carbocycles. The smallest absolute Gasteiger partial charge is 0.228 e. The molecule has 5 rings (SSSR count). The van der Waals surface area contributed by atoms with Crippen molar-refractivity contribution in [2.75, 3.05) is 25.5 Å². The van der Waals surface area contributed by atoms with Crippen molar-refractivity contribution < 1.29 is 14.6 Å². The zero-order chi connectivity index (χ0) is 21.6. The van der Waals surface area contributed by atoms with Gasteiger partial charge in [0.05, 0.1) is 22.3 Å². The van der Waals surface area contributed by atoms with E-state index in [4.69, 9.17) is 4.74 Å². The van der Waals surface area contributed by atoms with Crippen molar-refractivity contribution in [1.82, 2.24) is 9.88 Å². The summed E-state index contributed by atoms with van der Waals surface area (Å²) in [4.78, 5) is 19.8. The highest BCUT2D eigenvalue weighted by Crippen LogP contribution is 2.59. The van der Waals surface area contributed by atoms with Crippen LogP contribution in [0.5, 0.6) is 11.5 Å². The molecule has 1 aliphatic heterocycles. The van der Waals surface area contributed by atoms with Gasteiger partial charge in [0, 0.05) is 18.2 Å². The summed E-state index contributed by atoms with van der Waals surface area (Å²) in [6.07, 6.45) is 3.08. The molecule has 1 amide bonds. The monoisotopic (exact) mass is 437 g/mol. The van der Waals surface area contributed by atoms with E-state index in [1.807, 2.05) is 37.3 Å². The second kappa shape index (κ2) is 7.80. The molecular weight excluding hydrogens is 410 g/mol. The minimum Gasteiger partial charge on any atom is -0.504 e. The Hall–Kier alpha value is -2.64. The molecule has 7 heteroatoms. The van der Waals surface area contributed by atoms with Crippen LogP contribution in [0, 0.1) is 18.3 Å². The van der Waals surface area contributed by atoms with Crippen LogP contribution in [0.15, 0.2) is 36.4 Å². The summed E-state index contributed by atoms with van der Waals surface area (Å²) in [6, 6.07) is 11.5. The van der Waals surface area contributed by atoms with Gasteiger partial charge in [0.25, 0.3) is 0 Å². The van der Waals surface area contributed by atoms with E-state index in [1.54, 1.807) is 24.5 Å². The van der Waals surface area contributed by atoms with Gasteiger partial charge < -0.3 is 15.2 Å². The first-order chi connectivity index (χ1) is 15.0. The topological polar surface area (TPSA) is 74.7 Å². The predicted octanol–water partition coefficient (Wildman–Crippen LogP) is 4.56. The summed E-state index contributed by atoms with van der Waals surface area (Å²) in [5.74, 6) is 0.926. The number of hydrogen-bond donors (Lipinski definition) is 2. The van der Waals surface area contributed by atoms with Crippen LogP contribution in [0.1, 0.15) is 29.8 Å². The number of likely N-dealkylation sites (tertiary alicyclic amines) is 1. The third-order valence-electron chi connectivity index (χ3n) is 6.77. The third-order valence-corrected chi connectivity index (χ3v) is 7.72. The van der Waals surface area contributed by atoms with E-state index >= 15 is 0 Å². The number of fused-ring (bicyclic) bond motifs is 1. The molecule has 3 aromatic rings.